The number of nitrogens with one attached hydrogen (secondary N) is 1. The molecule has 0 saturated carbocycles. The van der Waals surface area contributed by atoms with Gasteiger partial charge in [0.05, 0.1) is 12.8 Å². The Kier molecular flexibility index (Phi) is 6.20. The fraction of sp³-hybridized carbons (Fsp3) is 0.333. The third kappa shape index (κ3) is 5.29. The zero-order valence-corrected chi connectivity index (χ0v) is 16.2. The van der Waals surface area contributed by atoms with E-state index in [4.69, 9.17) is 4.74 Å². The predicted molar refractivity (Wildman–Crippen MR) is 102 cm³/mol. The van der Waals surface area contributed by atoms with Crippen molar-refractivity contribution in [1.82, 2.24) is 0 Å². The number of amides is 1. The van der Waals surface area contributed by atoms with E-state index >= 15 is 0 Å². The Morgan fingerprint density at radius 2 is 1.81 bits per heavy atom. The number of methoxy groups -OCH3 is 1. The molecule has 2 aromatic rings. The molecule has 1 N–H and O–H groups in total. The first-order chi connectivity index (χ1) is 12.6. The number of ether oxygens (including phenoxy) is 2. The molecule has 0 unspecified atom stereocenters. The molecule has 0 aliphatic carbocycles. The summed E-state index contributed by atoms with van der Waals surface area (Å²) in [6, 6.07) is 10.4. The van der Waals surface area contributed by atoms with Gasteiger partial charge in [0.15, 0.2) is 0 Å². The maximum Gasteiger partial charge on any atom is 0.412 e. The lowest BCUT2D eigenvalue weighted by Crippen LogP contribution is -2.28. The van der Waals surface area contributed by atoms with E-state index < -0.39 is 23.5 Å². The van der Waals surface area contributed by atoms with Gasteiger partial charge >= 0.3 is 12.1 Å². The van der Waals surface area contributed by atoms with Gasteiger partial charge < -0.3 is 9.47 Å². The highest BCUT2D eigenvalue weighted by atomic mass is 19.1. The van der Waals surface area contributed by atoms with E-state index in [-0.39, 0.29) is 11.3 Å². The Balaban J connectivity index is 2.51. The van der Waals surface area contributed by atoms with Crippen molar-refractivity contribution in [2.45, 2.75) is 39.7 Å². The van der Waals surface area contributed by atoms with Gasteiger partial charge in [-0.3, -0.25) is 5.32 Å². The molecular formula is C21H24FNO4. The molecule has 2 aromatic carbocycles. The van der Waals surface area contributed by atoms with Crippen LogP contribution in [0.5, 0.6) is 0 Å². The summed E-state index contributed by atoms with van der Waals surface area (Å²) in [6.45, 7) is 7.15. The molecule has 0 aliphatic heterocycles. The van der Waals surface area contributed by atoms with Crippen LogP contribution in [-0.2, 0) is 15.9 Å². The van der Waals surface area contributed by atoms with Gasteiger partial charge in [0, 0.05) is 0 Å². The summed E-state index contributed by atoms with van der Waals surface area (Å²) >= 11 is 0. The maximum atomic E-state index is 14.7. The minimum Gasteiger partial charge on any atom is -0.465 e. The third-order valence-electron chi connectivity index (χ3n) is 3.78. The summed E-state index contributed by atoms with van der Waals surface area (Å²) in [5, 5.41) is 2.46. The Hall–Kier alpha value is -2.89. The van der Waals surface area contributed by atoms with E-state index in [1.54, 1.807) is 20.8 Å². The van der Waals surface area contributed by atoms with Crippen LogP contribution in [0.4, 0.5) is 14.9 Å². The van der Waals surface area contributed by atoms with Gasteiger partial charge in [-0.15, -0.1) is 0 Å². The molecule has 0 saturated heterocycles. The summed E-state index contributed by atoms with van der Waals surface area (Å²) in [5.74, 6) is -1.67. The maximum absolute atomic E-state index is 14.7. The molecule has 5 nitrogen and oxygen atoms in total. The molecule has 0 aromatic heterocycles. The first kappa shape index (κ1) is 20.4. The second kappa shape index (κ2) is 8.20. The van der Waals surface area contributed by atoms with Crippen molar-refractivity contribution in [3.05, 3.63) is 53.3 Å². The van der Waals surface area contributed by atoms with Crippen molar-refractivity contribution in [1.29, 1.82) is 0 Å². The monoisotopic (exact) mass is 373 g/mol. The predicted octanol–water partition coefficient (Wildman–Crippen LogP) is 5.19. The second-order valence-corrected chi connectivity index (χ2v) is 7.05. The van der Waals surface area contributed by atoms with Gasteiger partial charge in [0.2, 0.25) is 0 Å². The van der Waals surface area contributed by atoms with Crippen LogP contribution in [0.2, 0.25) is 0 Å². The zero-order valence-electron chi connectivity index (χ0n) is 16.2. The molecule has 2 rings (SSSR count). The van der Waals surface area contributed by atoms with Crippen molar-refractivity contribution < 1.29 is 23.5 Å². The number of aryl methyl sites for hydroxylation is 1. The van der Waals surface area contributed by atoms with Crippen LogP contribution < -0.4 is 5.32 Å². The Bertz CT molecular complexity index is 856. The number of halogens is 1. The standard InChI is InChI=1S/C21H24FNO4/c1-6-13-8-7-9-14(10-13)15-11-16(22)18(19(24)26-5)17(12-15)23-20(25)27-21(2,3)4/h7-12H,6H2,1-5H3,(H,23,25). The van der Waals surface area contributed by atoms with Crippen LogP contribution in [0, 0.1) is 5.82 Å². The number of rotatable bonds is 4. The highest BCUT2D eigenvalue weighted by Crippen LogP contribution is 2.30. The van der Waals surface area contributed by atoms with E-state index in [1.165, 1.54) is 12.1 Å². The van der Waals surface area contributed by atoms with Crippen molar-refractivity contribution in [2.24, 2.45) is 0 Å². The molecule has 0 atom stereocenters. The highest BCUT2D eigenvalue weighted by molar-refractivity contribution is 6.01. The van der Waals surface area contributed by atoms with Crippen LogP contribution >= 0.6 is 0 Å². The number of esters is 1. The Morgan fingerprint density at radius 1 is 1.11 bits per heavy atom. The van der Waals surface area contributed by atoms with Gasteiger partial charge in [-0.05, 0) is 56.0 Å². The second-order valence-electron chi connectivity index (χ2n) is 7.05. The Labute approximate surface area is 158 Å². The van der Waals surface area contributed by atoms with Crippen LogP contribution in [0.3, 0.4) is 0 Å². The number of carbonyl (C=O) groups excluding carboxylic acids is 2. The minimum atomic E-state index is -0.882. The lowest BCUT2D eigenvalue weighted by atomic mass is 9.99. The van der Waals surface area contributed by atoms with Crippen molar-refractivity contribution in [3.8, 4) is 11.1 Å². The van der Waals surface area contributed by atoms with Gasteiger partial charge in [0.25, 0.3) is 0 Å². The molecule has 0 aliphatic rings. The molecule has 1 amide bonds. The van der Waals surface area contributed by atoms with Crippen LogP contribution in [0.1, 0.15) is 43.6 Å². The fourth-order valence-corrected chi connectivity index (χ4v) is 2.57. The molecule has 0 fully saturated rings. The molecule has 0 spiro atoms. The number of carbonyl (C=O) groups is 2. The normalized spacial score (nSPS) is 11.0. The first-order valence-electron chi connectivity index (χ1n) is 8.65. The largest absolute Gasteiger partial charge is 0.465 e. The molecule has 27 heavy (non-hydrogen) atoms. The summed E-state index contributed by atoms with van der Waals surface area (Å²) in [7, 11) is 1.15. The lowest BCUT2D eigenvalue weighted by Gasteiger charge is -2.20. The molecule has 0 bridgehead atoms. The summed E-state index contributed by atoms with van der Waals surface area (Å²) in [5.41, 5.74) is 1.30. The zero-order chi connectivity index (χ0) is 20.2. The van der Waals surface area contributed by atoms with E-state index in [9.17, 15) is 14.0 Å². The molecule has 0 radical (unpaired) electrons. The van der Waals surface area contributed by atoms with Crippen LogP contribution in [-0.4, -0.2) is 24.8 Å². The number of benzene rings is 2. The van der Waals surface area contributed by atoms with Crippen LogP contribution in [0.15, 0.2) is 36.4 Å². The topological polar surface area (TPSA) is 64.6 Å². The SMILES string of the molecule is CCc1cccc(-c2cc(F)c(C(=O)OC)c(NC(=O)OC(C)(C)C)c2)c1. The van der Waals surface area contributed by atoms with Crippen molar-refractivity contribution in [3.63, 3.8) is 0 Å². The highest BCUT2D eigenvalue weighted by Gasteiger charge is 2.23. The summed E-state index contributed by atoms with van der Waals surface area (Å²) < 4.78 is 24.6. The van der Waals surface area contributed by atoms with E-state index in [1.807, 2.05) is 31.2 Å². The van der Waals surface area contributed by atoms with Gasteiger partial charge in [-0.25, -0.2) is 14.0 Å². The van der Waals surface area contributed by atoms with Crippen molar-refractivity contribution >= 4 is 17.7 Å². The smallest absolute Gasteiger partial charge is 0.412 e. The van der Waals surface area contributed by atoms with Crippen molar-refractivity contribution in [2.75, 3.05) is 12.4 Å². The van der Waals surface area contributed by atoms with Gasteiger partial charge in [-0.2, -0.15) is 0 Å². The fourth-order valence-electron chi connectivity index (χ4n) is 2.57. The van der Waals surface area contributed by atoms with Crippen LogP contribution in [0.25, 0.3) is 11.1 Å². The number of hydrogen-bond donors (Lipinski definition) is 1. The molecular weight excluding hydrogens is 349 g/mol. The first-order valence-corrected chi connectivity index (χ1v) is 8.65. The Morgan fingerprint density at radius 3 is 2.41 bits per heavy atom. The van der Waals surface area contributed by atoms with E-state index in [0.29, 0.717) is 5.56 Å². The van der Waals surface area contributed by atoms with E-state index in [2.05, 4.69) is 10.1 Å². The summed E-state index contributed by atoms with van der Waals surface area (Å²) in [6.07, 6.45) is 0.0473. The van der Waals surface area contributed by atoms with Gasteiger partial charge in [0.1, 0.15) is 17.0 Å². The average Bonchev–Trinajstić information content (AvgIpc) is 2.59. The molecule has 6 heteroatoms. The lowest BCUT2D eigenvalue weighted by molar-refractivity contribution is 0.0596. The molecule has 0 heterocycles. The number of anilines is 1. The molecule has 144 valence electrons. The van der Waals surface area contributed by atoms with E-state index in [0.717, 1.165) is 24.7 Å². The number of hydrogen-bond acceptors (Lipinski definition) is 4. The summed E-state index contributed by atoms with van der Waals surface area (Å²) in [4.78, 5) is 24.2. The average molecular weight is 373 g/mol. The quantitative estimate of drug-likeness (QED) is 0.749. The minimum absolute atomic E-state index is 0.00648. The van der Waals surface area contributed by atoms with Gasteiger partial charge in [-0.1, -0.05) is 31.2 Å². The third-order valence-corrected chi connectivity index (χ3v) is 3.78.